The number of carbonyl (C=O) groups is 3. The summed E-state index contributed by atoms with van der Waals surface area (Å²) in [6, 6.07) is 6.81. The monoisotopic (exact) mass is 273 g/mol. The van der Waals surface area contributed by atoms with E-state index in [4.69, 9.17) is 4.74 Å². The van der Waals surface area contributed by atoms with Crippen LogP contribution >= 0.6 is 0 Å². The van der Waals surface area contributed by atoms with E-state index in [1.807, 2.05) is 0 Å². The molecule has 0 spiro atoms. The molecule has 2 amide bonds. The van der Waals surface area contributed by atoms with Crippen molar-refractivity contribution in [1.82, 2.24) is 4.90 Å². The first kappa shape index (κ1) is 12.8. The summed E-state index contributed by atoms with van der Waals surface area (Å²) in [5.41, 5.74) is 0.901. The lowest BCUT2D eigenvalue weighted by molar-refractivity contribution is -0.151. The Labute approximate surface area is 116 Å². The van der Waals surface area contributed by atoms with Crippen molar-refractivity contribution >= 4 is 17.8 Å². The third-order valence-corrected chi connectivity index (χ3v) is 4.22. The Bertz CT molecular complexity index is 560. The summed E-state index contributed by atoms with van der Waals surface area (Å²) in [5, 5.41) is 0. The predicted octanol–water partition coefficient (Wildman–Crippen LogP) is 1.48. The van der Waals surface area contributed by atoms with Crippen molar-refractivity contribution in [3.05, 3.63) is 35.4 Å². The van der Waals surface area contributed by atoms with Crippen molar-refractivity contribution in [2.75, 3.05) is 13.7 Å². The van der Waals surface area contributed by atoms with Gasteiger partial charge in [0.1, 0.15) is 0 Å². The Morgan fingerprint density at radius 2 is 1.80 bits per heavy atom. The summed E-state index contributed by atoms with van der Waals surface area (Å²) in [6.45, 7) is 0.298. The second-order valence-electron chi connectivity index (χ2n) is 5.23. The molecule has 1 saturated carbocycles. The van der Waals surface area contributed by atoms with E-state index in [1.165, 1.54) is 12.0 Å². The molecule has 1 aliphatic carbocycles. The zero-order chi connectivity index (χ0) is 14.3. The van der Waals surface area contributed by atoms with Crippen molar-refractivity contribution in [2.45, 2.75) is 12.8 Å². The van der Waals surface area contributed by atoms with Gasteiger partial charge in [-0.3, -0.25) is 19.3 Å². The maximum atomic E-state index is 12.2. The van der Waals surface area contributed by atoms with Gasteiger partial charge in [0, 0.05) is 6.54 Å². The summed E-state index contributed by atoms with van der Waals surface area (Å²) in [5.74, 6) is -0.950. The van der Waals surface area contributed by atoms with Gasteiger partial charge in [0.15, 0.2) is 0 Å². The highest BCUT2D eigenvalue weighted by molar-refractivity contribution is 6.21. The Balaban J connectivity index is 1.76. The first-order valence-corrected chi connectivity index (χ1v) is 6.66. The lowest BCUT2D eigenvalue weighted by Gasteiger charge is -2.36. The number of hydrogen-bond donors (Lipinski definition) is 0. The molecule has 0 N–H and O–H groups in total. The topological polar surface area (TPSA) is 63.7 Å². The van der Waals surface area contributed by atoms with Gasteiger partial charge in [-0.05, 0) is 30.9 Å². The smallest absolute Gasteiger partial charge is 0.309 e. The number of carbonyl (C=O) groups excluding carboxylic acids is 3. The number of esters is 1. The first-order chi connectivity index (χ1) is 9.63. The third-order valence-electron chi connectivity index (χ3n) is 4.22. The first-order valence-electron chi connectivity index (χ1n) is 6.66. The fourth-order valence-electron chi connectivity index (χ4n) is 2.89. The Hall–Kier alpha value is -2.17. The molecule has 20 heavy (non-hydrogen) atoms. The average molecular weight is 273 g/mol. The molecule has 1 heterocycles. The lowest BCUT2D eigenvalue weighted by Crippen LogP contribution is -2.43. The SMILES string of the molecule is COC(=O)C1CCC1CN1C(=O)c2ccccc2C1=O. The Morgan fingerprint density at radius 1 is 1.20 bits per heavy atom. The summed E-state index contributed by atoms with van der Waals surface area (Å²) >= 11 is 0. The minimum absolute atomic E-state index is 0.0182. The molecule has 1 aliphatic heterocycles. The van der Waals surface area contributed by atoms with Crippen LogP contribution in [0, 0.1) is 11.8 Å². The number of benzene rings is 1. The van der Waals surface area contributed by atoms with E-state index in [0.717, 1.165) is 12.8 Å². The number of nitrogens with zero attached hydrogens (tertiary/aromatic N) is 1. The number of hydrogen-bond acceptors (Lipinski definition) is 4. The number of ether oxygens (including phenoxy) is 1. The quantitative estimate of drug-likeness (QED) is 0.618. The number of imide groups is 1. The molecule has 0 bridgehead atoms. The van der Waals surface area contributed by atoms with E-state index in [1.54, 1.807) is 24.3 Å². The van der Waals surface area contributed by atoms with Crippen molar-refractivity contribution in [1.29, 1.82) is 0 Å². The molecule has 1 aromatic carbocycles. The maximum Gasteiger partial charge on any atom is 0.309 e. The van der Waals surface area contributed by atoms with Crippen LogP contribution in [0.5, 0.6) is 0 Å². The van der Waals surface area contributed by atoms with Crippen LogP contribution in [0.2, 0.25) is 0 Å². The summed E-state index contributed by atoms with van der Waals surface area (Å²) < 4.78 is 4.74. The van der Waals surface area contributed by atoms with Crippen LogP contribution in [0.1, 0.15) is 33.6 Å². The minimum Gasteiger partial charge on any atom is -0.469 e. The van der Waals surface area contributed by atoms with Gasteiger partial charge in [0.2, 0.25) is 0 Å². The van der Waals surface area contributed by atoms with Gasteiger partial charge < -0.3 is 4.74 Å². The molecular formula is C15H15NO4. The highest BCUT2D eigenvalue weighted by Gasteiger charge is 2.43. The highest BCUT2D eigenvalue weighted by Crippen LogP contribution is 2.37. The summed E-state index contributed by atoms with van der Waals surface area (Å²) in [6.07, 6.45) is 1.60. The Kier molecular flexibility index (Phi) is 3.04. The Morgan fingerprint density at radius 3 is 2.25 bits per heavy atom. The van der Waals surface area contributed by atoms with Crippen LogP contribution in [-0.2, 0) is 9.53 Å². The van der Waals surface area contributed by atoms with Crippen LogP contribution in [0.25, 0.3) is 0 Å². The molecule has 0 saturated heterocycles. The predicted molar refractivity (Wildman–Crippen MR) is 70.0 cm³/mol. The van der Waals surface area contributed by atoms with Crippen LogP contribution in [0.15, 0.2) is 24.3 Å². The molecule has 2 atom stereocenters. The number of fused-ring (bicyclic) bond motifs is 1. The second-order valence-corrected chi connectivity index (χ2v) is 5.23. The van der Waals surface area contributed by atoms with Crippen LogP contribution < -0.4 is 0 Å². The van der Waals surface area contributed by atoms with Gasteiger partial charge in [-0.25, -0.2) is 0 Å². The molecule has 1 fully saturated rings. The van der Waals surface area contributed by atoms with E-state index >= 15 is 0 Å². The third kappa shape index (κ3) is 1.81. The molecule has 2 aliphatic rings. The van der Waals surface area contributed by atoms with Crippen LogP contribution in [0.3, 0.4) is 0 Å². The molecular weight excluding hydrogens is 258 g/mol. The lowest BCUT2D eigenvalue weighted by atomic mass is 9.73. The zero-order valence-electron chi connectivity index (χ0n) is 11.2. The maximum absolute atomic E-state index is 12.2. The van der Waals surface area contributed by atoms with Crippen LogP contribution in [-0.4, -0.2) is 36.3 Å². The molecule has 2 unspecified atom stereocenters. The van der Waals surface area contributed by atoms with E-state index in [9.17, 15) is 14.4 Å². The zero-order valence-corrected chi connectivity index (χ0v) is 11.2. The van der Waals surface area contributed by atoms with Gasteiger partial charge >= 0.3 is 5.97 Å². The largest absolute Gasteiger partial charge is 0.469 e. The van der Waals surface area contributed by atoms with Crippen molar-refractivity contribution < 1.29 is 19.1 Å². The van der Waals surface area contributed by atoms with Crippen molar-refractivity contribution in [2.24, 2.45) is 11.8 Å². The van der Waals surface area contributed by atoms with Gasteiger partial charge in [-0.15, -0.1) is 0 Å². The van der Waals surface area contributed by atoms with Gasteiger partial charge in [-0.1, -0.05) is 12.1 Å². The van der Waals surface area contributed by atoms with E-state index in [-0.39, 0.29) is 29.6 Å². The fraction of sp³-hybridized carbons (Fsp3) is 0.400. The average Bonchev–Trinajstić information content (AvgIpc) is 2.68. The van der Waals surface area contributed by atoms with Crippen molar-refractivity contribution in [3.8, 4) is 0 Å². The van der Waals surface area contributed by atoms with E-state index in [0.29, 0.717) is 17.7 Å². The van der Waals surface area contributed by atoms with E-state index < -0.39 is 0 Å². The molecule has 1 aromatic rings. The van der Waals surface area contributed by atoms with Crippen molar-refractivity contribution in [3.63, 3.8) is 0 Å². The van der Waals surface area contributed by atoms with Crippen LogP contribution in [0.4, 0.5) is 0 Å². The molecule has 3 rings (SSSR count). The highest BCUT2D eigenvalue weighted by atomic mass is 16.5. The second kappa shape index (κ2) is 4.74. The minimum atomic E-state index is -0.263. The number of methoxy groups -OCH3 is 1. The molecule has 0 radical (unpaired) electrons. The summed E-state index contributed by atoms with van der Waals surface area (Å²) in [7, 11) is 1.36. The molecule has 104 valence electrons. The van der Waals surface area contributed by atoms with Gasteiger partial charge in [0.05, 0.1) is 24.2 Å². The number of amides is 2. The fourth-order valence-corrected chi connectivity index (χ4v) is 2.89. The molecule has 5 heteroatoms. The summed E-state index contributed by atoms with van der Waals surface area (Å²) in [4.78, 5) is 37.2. The van der Waals surface area contributed by atoms with Gasteiger partial charge in [-0.2, -0.15) is 0 Å². The van der Waals surface area contributed by atoms with Gasteiger partial charge in [0.25, 0.3) is 11.8 Å². The normalized spacial score (nSPS) is 24.4. The van der Waals surface area contributed by atoms with E-state index in [2.05, 4.69) is 0 Å². The molecule has 0 aromatic heterocycles. The molecule has 5 nitrogen and oxygen atoms in total. The standard InChI is InChI=1S/C15H15NO4/c1-20-15(19)10-7-6-9(10)8-16-13(17)11-4-2-3-5-12(11)14(16)18/h2-5,9-10H,6-8H2,1H3. The number of rotatable bonds is 3.